The van der Waals surface area contributed by atoms with Gasteiger partial charge in [-0.1, -0.05) is 11.6 Å². The van der Waals surface area contributed by atoms with Crippen LogP contribution in [0.4, 0.5) is 0 Å². The summed E-state index contributed by atoms with van der Waals surface area (Å²) in [6.07, 6.45) is 1.34. The molecule has 0 aliphatic carbocycles. The molecular formula is C14H16N2O3. The molecule has 0 saturated carbocycles. The molecule has 2 N–H and O–H groups in total. The zero-order valence-electron chi connectivity index (χ0n) is 11.0. The lowest BCUT2D eigenvalue weighted by molar-refractivity contribution is -0.136. The fraction of sp³-hybridized carbons (Fsp3) is 0.286. The highest BCUT2D eigenvalue weighted by molar-refractivity contribution is 6.33. The number of carbonyl (C=O) groups is 2. The molecule has 5 heteroatoms. The van der Waals surface area contributed by atoms with Crippen molar-refractivity contribution in [3.05, 3.63) is 35.4 Å². The Morgan fingerprint density at radius 3 is 2.68 bits per heavy atom. The lowest BCUT2D eigenvalue weighted by Gasteiger charge is -2.14. The van der Waals surface area contributed by atoms with Gasteiger partial charge in [0.15, 0.2) is 0 Å². The maximum Gasteiger partial charge on any atom is 0.261 e. The predicted molar refractivity (Wildman–Crippen MR) is 71.5 cm³/mol. The van der Waals surface area contributed by atoms with Crippen LogP contribution in [-0.2, 0) is 9.59 Å². The van der Waals surface area contributed by atoms with Crippen LogP contribution < -0.4 is 10.5 Å². The zero-order valence-corrected chi connectivity index (χ0v) is 11.0. The minimum absolute atomic E-state index is 0.228. The van der Waals surface area contributed by atoms with Gasteiger partial charge in [-0.2, -0.15) is 0 Å². The highest BCUT2D eigenvalue weighted by Gasteiger charge is 2.32. The number of carbonyl (C=O) groups excluding carboxylic acids is 2. The van der Waals surface area contributed by atoms with E-state index in [1.54, 1.807) is 6.07 Å². The number of aryl methyl sites for hydroxylation is 1. The van der Waals surface area contributed by atoms with Gasteiger partial charge in [0.1, 0.15) is 5.75 Å². The molecule has 0 bridgehead atoms. The second kappa shape index (κ2) is 5.24. The number of nitrogens with zero attached hydrogens (tertiary/aromatic N) is 1. The van der Waals surface area contributed by atoms with E-state index in [1.807, 2.05) is 19.1 Å². The van der Waals surface area contributed by atoms with E-state index in [-0.39, 0.29) is 24.9 Å². The first-order valence-corrected chi connectivity index (χ1v) is 6.01. The van der Waals surface area contributed by atoms with Crippen molar-refractivity contribution in [1.82, 2.24) is 4.90 Å². The van der Waals surface area contributed by atoms with E-state index in [2.05, 4.69) is 0 Å². The van der Waals surface area contributed by atoms with Crippen molar-refractivity contribution in [2.75, 3.05) is 20.2 Å². The Kier molecular flexibility index (Phi) is 3.66. The summed E-state index contributed by atoms with van der Waals surface area (Å²) in [6, 6.07) is 5.51. The molecule has 1 heterocycles. The Balaban J connectivity index is 2.43. The van der Waals surface area contributed by atoms with E-state index in [4.69, 9.17) is 10.5 Å². The van der Waals surface area contributed by atoms with Crippen molar-refractivity contribution < 1.29 is 14.3 Å². The molecule has 1 aliphatic heterocycles. The molecule has 0 atom stereocenters. The molecule has 1 aromatic carbocycles. The topological polar surface area (TPSA) is 72.6 Å². The summed E-state index contributed by atoms with van der Waals surface area (Å²) in [7, 11) is 1.54. The van der Waals surface area contributed by atoms with Gasteiger partial charge in [0.05, 0.1) is 12.7 Å². The van der Waals surface area contributed by atoms with Crippen LogP contribution >= 0.6 is 0 Å². The van der Waals surface area contributed by atoms with Crippen LogP contribution in [0.3, 0.4) is 0 Å². The monoisotopic (exact) mass is 260 g/mol. The second-order valence-corrected chi connectivity index (χ2v) is 4.35. The molecule has 1 aliphatic rings. The van der Waals surface area contributed by atoms with Crippen LogP contribution in [-0.4, -0.2) is 36.9 Å². The molecule has 2 amide bonds. The fourth-order valence-electron chi connectivity index (χ4n) is 2.07. The Morgan fingerprint density at radius 2 is 2.05 bits per heavy atom. The van der Waals surface area contributed by atoms with Gasteiger partial charge in [0.25, 0.3) is 11.8 Å². The average Bonchev–Trinajstić information content (AvgIpc) is 2.67. The van der Waals surface area contributed by atoms with E-state index in [9.17, 15) is 9.59 Å². The van der Waals surface area contributed by atoms with Gasteiger partial charge in [0, 0.05) is 24.7 Å². The Labute approximate surface area is 111 Å². The van der Waals surface area contributed by atoms with Crippen molar-refractivity contribution in [3.63, 3.8) is 0 Å². The minimum Gasteiger partial charge on any atom is -0.496 e. The molecule has 100 valence electrons. The van der Waals surface area contributed by atoms with Crippen molar-refractivity contribution in [3.8, 4) is 5.75 Å². The Morgan fingerprint density at radius 1 is 1.32 bits per heavy atom. The molecule has 1 aromatic rings. The van der Waals surface area contributed by atoms with Gasteiger partial charge in [-0.25, -0.2) is 0 Å². The number of ether oxygens (including phenoxy) is 1. The number of nitrogens with two attached hydrogens (primary N) is 1. The number of imide groups is 1. The molecular weight excluding hydrogens is 244 g/mol. The lowest BCUT2D eigenvalue weighted by atomic mass is 10.0. The number of rotatable bonds is 4. The van der Waals surface area contributed by atoms with Gasteiger partial charge in [-0.15, -0.1) is 0 Å². The Hall–Kier alpha value is -2.14. The molecule has 0 spiro atoms. The van der Waals surface area contributed by atoms with E-state index < -0.39 is 0 Å². The molecule has 5 nitrogen and oxygen atoms in total. The number of amides is 2. The molecule has 0 aromatic heterocycles. The van der Waals surface area contributed by atoms with Crippen LogP contribution in [0.2, 0.25) is 0 Å². The summed E-state index contributed by atoms with van der Waals surface area (Å²) in [5, 5.41) is 0. The number of hydrogen-bond acceptors (Lipinski definition) is 4. The summed E-state index contributed by atoms with van der Waals surface area (Å²) in [4.78, 5) is 25.1. The Bertz CT molecular complexity index is 564. The summed E-state index contributed by atoms with van der Waals surface area (Å²) >= 11 is 0. The second-order valence-electron chi connectivity index (χ2n) is 4.35. The largest absolute Gasteiger partial charge is 0.496 e. The van der Waals surface area contributed by atoms with Crippen LogP contribution in [0, 0.1) is 6.92 Å². The minimum atomic E-state index is -0.325. The standard InChI is InChI=1S/C14H16N2O3/c1-9-3-4-12(19-2)10(7-9)11-8-13(17)16(6-5-15)14(11)18/h3-4,7-8H,5-6,15H2,1-2H3. The van der Waals surface area contributed by atoms with Crippen molar-refractivity contribution >= 4 is 17.4 Å². The highest BCUT2D eigenvalue weighted by atomic mass is 16.5. The zero-order chi connectivity index (χ0) is 14.0. The number of methoxy groups -OCH3 is 1. The van der Waals surface area contributed by atoms with Gasteiger partial charge < -0.3 is 10.5 Å². The first-order chi connectivity index (χ1) is 9.08. The highest BCUT2D eigenvalue weighted by Crippen LogP contribution is 2.31. The summed E-state index contributed by atoms with van der Waals surface area (Å²) in [5.74, 6) is -0.0686. The number of benzene rings is 1. The lowest BCUT2D eigenvalue weighted by Crippen LogP contribution is -2.35. The molecule has 0 fully saturated rings. The smallest absolute Gasteiger partial charge is 0.261 e. The van der Waals surface area contributed by atoms with E-state index in [1.165, 1.54) is 13.2 Å². The molecule has 0 radical (unpaired) electrons. The quantitative estimate of drug-likeness (QED) is 0.809. The first kappa shape index (κ1) is 13.3. The van der Waals surface area contributed by atoms with Gasteiger partial charge >= 0.3 is 0 Å². The van der Waals surface area contributed by atoms with E-state index in [0.29, 0.717) is 16.9 Å². The first-order valence-electron chi connectivity index (χ1n) is 6.01. The average molecular weight is 260 g/mol. The van der Waals surface area contributed by atoms with Gasteiger partial charge in [-0.3, -0.25) is 14.5 Å². The van der Waals surface area contributed by atoms with Crippen molar-refractivity contribution in [1.29, 1.82) is 0 Å². The van der Waals surface area contributed by atoms with Crippen molar-refractivity contribution in [2.24, 2.45) is 5.73 Å². The fourth-order valence-corrected chi connectivity index (χ4v) is 2.07. The van der Waals surface area contributed by atoms with Gasteiger partial charge in [0.2, 0.25) is 0 Å². The molecule has 2 rings (SSSR count). The normalized spacial score (nSPS) is 14.9. The molecule has 0 saturated heterocycles. The maximum absolute atomic E-state index is 12.2. The van der Waals surface area contributed by atoms with Crippen LogP contribution in [0.25, 0.3) is 5.57 Å². The summed E-state index contributed by atoms with van der Waals surface area (Å²) in [5.41, 5.74) is 7.40. The van der Waals surface area contributed by atoms with E-state index in [0.717, 1.165) is 10.5 Å². The molecule has 0 unspecified atom stereocenters. The third kappa shape index (κ3) is 2.37. The predicted octanol–water partition coefficient (Wildman–Crippen LogP) is 0.715. The SMILES string of the molecule is COc1ccc(C)cc1C1=CC(=O)N(CCN)C1=O. The molecule has 19 heavy (non-hydrogen) atoms. The maximum atomic E-state index is 12.2. The summed E-state index contributed by atoms with van der Waals surface area (Å²) < 4.78 is 5.24. The van der Waals surface area contributed by atoms with Crippen LogP contribution in [0.1, 0.15) is 11.1 Å². The third-order valence-corrected chi connectivity index (χ3v) is 3.01. The third-order valence-electron chi connectivity index (χ3n) is 3.01. The van der Waals surface area contributed by atoms with Crippen LogP contribution in [0.5, 0.6) is 5.75 Å². The van der Waals surface area contributed by atoms with E-state index >= 15 is 0 Å². The van der Waals surface area contributed by atoms with Crippen molar-refractivity contribution in [2.45, 2.75) is 6.92 Å². The van der Waals surface area contributed by atoms with Crippen LogP contribution in [0.15, 0.2) is 24.3 Å². The number of hydrogen-bond donors (Lipinski definition) is 1. The van der Waals surface area contributed by atoms with Gasteiger partial charge in [-0.05, 0) is 19.1 Å². The summed E-state index contributed by atoms with van der Waals surface area (Å²) in [6.45, 7) is 2.40.